The van der Waals surface area contributed by atoms with E-state index in [2.05, 4.69) is 59.5 Å². The van der Waals surface area contributed by atoms with Crippen molar-refractivity contribution in [2.45, 2.75) is 33.1 Å². The van der Waals surface area contributed by atoms with E-state index in [0.717, 1.165) is 22.3 Å². The van der Waals surface area contributed by atoms with Crippen molar-refractivity contribution in [3.05, 3.63) is 59.9 Å². The first-order valence-corrected chi connectivity index (χ1v) is 8.94. The first-order valence-electron chi connectivity index (χ1n) is 8.94. The van der Waals surface area contributed by atoms with Gasteiger partial charge in [-0.05, 0) is 30.0 Å². The molecule has 4 aromatic rings. The van der Waals surface area contributed by atoms with E-state index in [1.165, 1.54) is 5.56 Å². The molecule has 0 amide bonds. The fourth-order valence-electron chi connectivity index (χ4n) is 3.13. The SMILES string of the molecule is Cc1nc(Nc2nc(-c3ccccc3C(C)(C)C)nc3ccccc23)n[nH]1. The Labute approximate surface area is 158 Å². The van der Waals surface area contributed by atoms with E-state index < -0.39 is 0 Å². The highest BCUT2D eigenvalue weighted by molar-refractivity contribution is 5.91. The summed E-state index contributed by atoms with van der Waals surface area (Å²) < 4.78 is 0. The van der Waals surface area contributed by atoms with Gasteiger partial charge >= 0.3 is 0 Å². The van der Waals surface area contributed by atoms with Crippen molar-refractivity contribution in [1.82, 2.24) is 25.1 Å². The number of H-pyrrole nitrogens is 1. The minimum atomic E-state index is -0.0138. The number of hydrogen-bond donors (Lipinski definition) is 2. The second-order valence-electron chi connectivity index (χ2n) is 7.58. The molecular formula is C21H22N6. The van der Waals surface area contributed by atoms with Crippen LogP contribution >= 0.6 is 0 Å². The standard InChI is InChI=1S/C21H22N6/c1-13-22-20(27-26-13)25-19-15-10-6-8-12-17(15)23-18(24-19)14-9-5-7-11-16(14)21(2,3)4/h5-12H,1-4H3,(H2,22,23,24,25,26,27). The molecule has 0 unspecified atom stereocenters. The van der Waals surface area contributed by atoms with Gasteiger partial charge in [0.25, 0.3) is 0 Å². The van der Waals surface area contributed by atoms with Crippen LogP contribution in [-0.4, -0.2) is 25.1 Å². The van der Waals surface area contributed by atoms with Gasteiger partial charge in [-0.1, -0.05) is 57.2 Å². The van der Waals surface area contributed by atoms with Gasteiger partial charge in [-0.3, -0.25) is 5.10 Å². The molecule has 0 saturated carbocycles. The predicted octanol–water partition coefficient (Wildman–Crippen LogP) is 4.76. The molecule has 0 aliphatic heterocycles. The number of para-hydroxylation sites is 1. The monoisotopic (exact) mass is 358 g/mol. The Hall–Kier alpha value is -3.28. The molecule has 0 fully saturated rings. The van der Waals surface area contributed by atoms with Crippen molar-refractivity contribution in [3.8, 4) is 11.4 Å². The molecule has 0 atom stereocenters. The molecule has 2 N–H and O–H groups in total. The van der Waals surface area contributed by atoms with Crippen LogP contribution in [0.5, 0.6) is 0 Å². The van der Waals surface area contributed by atoms with Gasteiger partial charge in [0, 0.05) is 10.9 Å². The molecule has 2 aromatic heterocycles. The van der Waals surface area contributed by atoms with E-state index in [4.69, 9.17) is 9.97 Å². The van der Waals surface area contributed by atoms with E-state index in [9.17, 15) is 0 Å². The normalized spacial score (nSPS) is 11.7. The van der Waals surface area contributed by atoms with Gasteiger partial charge in [-0.2, -0.15) is 4.98 Å². The zero-order valence-electron chi connectivity index (χ0n) is 15.9. The van der Waals surface area contributed by atoms with E-state index in [-0.39, 0.29) is 5.41 Å². The van der Waals surface area contributed by atoms with Crippen LogP contribution in [0.2, 0.25) is 0 Å². The van der Waals surface area contributed by atoms with Gasteiger partial charge in [0.05, 0.1) is 5.52 Å². The van der Waals surface area contributed by atoms with E-state index in [1.54, 1.807) is 0 Å². The van der Waals surface area contributed by atoms with Crippen LogP contribution in [0.15, 0.2) is 48.5 Å². The number of rotatable bonds is 3. The minimum Gasteiger partial charge on any atom is -0.307 e. The quantitative estimate of drug-likeness (QED) is 0.552. The Morgan fingerprint density at radius 1 is 0.889 bits per heavy atom. The van der Waals surface area contributed by atoms with E-state index >= 15 is 0 Å². The molecule has 0 bridgehead atoms. The number of aryl methyl sites for hydroxylation is 1. The molecule has 2 heterocycles. The second-order valence-corrected chi connectivity index (χ2v) is 7.58. The first kappa shape index (κ1) is 17.1. The van der Waals surface area contributed by atoms with Crippen molar-refractivity contribution >= 4 is 22.7 Å². The predicted molar refractivity (Wildman–Crippen MR) is 108 cm³/mol. The minimum absolute atomic E-state index is 0.0138. The van der Waals surface area contributed by atoms with Crippen LogP contribution in [0.3, 0.4) is 0 Å². The highest BCUT2D eigenvalue weighted by Crippen LogP contribution is 2.33. The van der Waals surface area contributed by atoms with Crippen molar-refractivity contribution < 1.29 is 0 Å². The molecule has 6 nitrogen and oxygen atoms in total. The van der Waals surface area contributed by atoms with Gasteiger partial charge in [-0.25, -0.2) is 9.97 Å². The van der Waals surface area contributed by atoms with Gasteiger partial charge in [0.15, 0.2) is 5.82 Å². The fraction of sp³-hybridized carbons (Fsp3) is 0.238. The summed E-state index contributed by atoms with van der Waals surface area (Å²) in [6, 6.07) is 16.2. The van der Waals surface area contributed by atoms with Crippen LogP contribution in [0.1, 0.15) is 32.2 Å². The second kappa shape index (κ2) is 6.46. The number of nitrogens with zero attached hydrogens (tertiary/aromatic N) is 4. The molecule has 2 aromatic carbocycles. The summed E-state index contributed by atoms with van der Waals surface area (Å²) in [6.07, 6.45) is 0. The lowest BCUT2D eigenvalue weighted by Gasteiger charge is -2.22. The molecule has 0 spiro atoms. The van der Waals surface area contributed by atoms with E-state index in [1.807, 2.05) is 37.3 Å². The number of aromatic amines is 1. The summed E-state index contributed by atoms with van der Waals surface area (Å²) >= 11 is 0. The van der Waals surface area contributed by atoms with E-state index in [0.29, 0.717) is 17.6 Å². The molecule has 0 radical (unpaired) electrons. The third kappa shape index (κ3) is 3.38. The number of hydrogen-bond acceptors (Lipinski definition) is 5. The van der Waals surface area contributed by atoms with Crippen LogP contribution < -0.4 is 5.32 Å². The Morgan fingerprint density at radius 3 is 2.37 bits per heavy atom. The van der Waals surface area contributed by atoms with Gasteiger partial charge in [-0.15, -0.1) is 5.10 Å². The Bertz CT molecular complexity index is 1110. The maximum Gasteiger partial charge on any atom is 0.247 e. The maximum atomic E-state index is 4.83. The number of nitrogens with one attached hydrogen (secondary N) is 2. The third-order valence-electron chi connectivity index (χ3n) is 4.41. The number of aromatic nitrogens is 5. The summed E-state index contributed by atoms with van der Waals surface area (Å²) in [6.45, 7) is 8.45. The third-order valence-corrected chi connectivity index (χ3v) is 4.41. The summed E-state index contributed by atoms with van der Waals surface area (Å²) in [5.74, 6) is 2.62. The summed E-state index contributed by atoms with van der Waals surface area (Å²) in [7, 11) is 0. The molecule has 27 heavy (non-hydrogen) atoms. The lowest BCUT2D eigenvalue weighted by molar-refractivity contribution is 0.591. The van der Waals surface area contributed by atoms with Crippen molar-refractivity contribution in [2.75, 3.05) is 5.32 Å². The topological polar surface area (TPSA) is 79.4 Å². The lowest BCUT2D eigenvalue weighted by atomic mass is 9.83. The zero-order chi connectivity index (χ0) is 19.0. The average molecular weight is 358 g/mol. The molecule has 136 valence electrons. The van der Waals surface area contributed by atoms with Crippen molar-refractivity contribution in [2.24, 2.45) is 0 Å². The lowest BCUT2D eigenvalue weighted by Crippen LogP contribution is -2.13. The van der Waals surface area contributed by atoms with Crippen molar-refractivity contribution in [3.63, 3.8) is 0 Å². The highest BCUT2D eigenvalue weighted by Gasteiger charge is 2.20. The average Bonchev–Trinajstić information content (AvgIpc) is 3.06. The van der Waals surface area contributed by atoms with Gasteiger partial charge < -0.3 is 5.32 Å². The van der Waals surface area contributed by atoms with Crippen LogP contribution in [0.25, 0.3) is 22.3 Å². The molecule has 6 heteroatoms. The maximum absolute atomic E-state index is 4.83. The zero-order valence-corrected chi connectivity index (χ0v) is 15.9. The van der Waals surface area contributed by atoms with Crippen molar-refractivity contribution in [1.29, 1.82) is 0 Å². The van der Waals surface area contributed by atoms with Gasteiger partial charge in [0.1, 0.15) is 11.6 Å². The Morgan fingerprint density at radius 2 is 1.63 bits per heavy atom. The first-order chi connectivity index (χ1) is 12.9. The highest BCUT2D eigenvalue weighted by atomic mass is 15.3. The molecule has 0 aliphatic carbocycles. The summed E-state index contributed by atoms with van der Waals surface area (Å²) in [5.41, 5.74) is 3.10. The Kier molecular flexibility index (Phi) is 4.11. The summed E-state index contributed by atoms with van der Waals surface area (Å²) in [4.78, 5) is 14.0. The number of anilines is 2. The largest absolute Gasteiger partial charge is 0.307 e. The number of benzene rings is 2. The van der Waals surface area contributed by atoms with Gasteiger partial charge in [0.2, 0.25) is 5.95 Å². The fourth-order valence-corrected chi connectivity index (χ4v) is 3.13. The van der Waals surface area contributed by atoms with Crippen LogP contribution in [-0.2, 0) is 5.41 Å². The Balaban J connectivity index is 1.91. The molecule has 0 aliphatic rings. The van der Waals surface area contributed by atoms with Crippen LogP contribution in [0.4, 0.5) is 11.8 Å². The molecule has 4 rings (SSSR count). The molecule has 0 saturated heterocycles. The molecular weight excluding hydrogens is 336 g/mol. The summed E-state index contributed by atoms with van der Waals surface area (Å²) in [5, 5.41) is 11.2. The number of fused-ring (bicyclic) bond motifs is 1. The van der Waals surface area contributed by atoms with Crippen LogP contribution in [0, 0.1) is 6.92 Å². The smallest absolute Gasteiger partial charge is 0.247 e.